The SMILES string of the molecule is CCCNc1nc(-c2ccc(O)c(F)c2)nc2c1CCC2. The molecule has 4 nitrogen and oxygen atoms in total. The predicted molar refractivity (Wildman–Crippen MR) is 79.9 cm³/mol. The van der Waals surface area contributed by atoms with E-state index in [1.807, 2.05) is 0 Å². The van der Waals surface area contributed by atoms with Crippen LogP contribution in [-0.2, 0) is 12.8 Å². The second kappa shape index (κ2) is 5.68. The molecule has 2 aromatic rings. The van der Waals surface area contributed by atoms with Crippen LogP contribution in [0.5, 0.6) is 5.75 Å². The van der Waals surface area contributed by atoms with Crippen LogP contribution >= 0.6 is 0 Å². The molecule has 110 valence electrons. The van der Waals surface area contributed by atoms with Crippen molar-refractivity contribution in [2.75, 3.05) is 11.9 Å². The van der Waals surface area contributed by atoms with Gasteiger partial charge in [0.1, 0.15) is 5.82 Å². The van der Waals surface area contributed by atoms with Crippen molar-refractivity contribution >= 4 is 5.82 Å². The summed E-state index contributed by atoms with van der Waals surface area (Å²) in [6.07, 6.45) is 4.03. The van der Waals surface area contributed by atoms with E-state index in [0.29, 0.717) is 11.4 Å². The Morgan fingerprint density at radius 2 is 2.14 bits per heavy atom. The molecule has 2 N–H and O–H groups in total. The Bertz CT molecular complexity index is 673. The van der Waals surface area contributed by atoms with Gasteiger partial charge in [-0.2, -0.15) is 0 Å². The molecule has 5 heteroatoms. The largest absolute Gasteiger partial charge is 0.505 e. The molecule has 1 aliphatic rings. The lowest BCUT2D eigenvalue weighted by Crippen LogP contribution is -2.08. The van der Waals surface area contributed by atoms with Crippen molar-refractivity contribution in [3.8, 4) is 17.1 Å². The molecular weight excluding hydrogens is 269 g/mol. The topological polar surface area (TPSA) is 58.0 Å². The van der Waals surface area contributed by atoms with E-state index in [9.17, 15) is 9.50 Å². The first-order chi connectivity index (χ1) is 10.2. The zero-order chi connectivity index (χ0) is 14.8. The first-order valence-electron chi connectivity index (χ1n) is 7.31. The number of nitrogens with zero attached hydrogens (tertiary/aromatic N) is 2. The number of fused-ring (bicyclic) bond motifs is 1. The maximum absolute atomic E-state index is 13.5. The van der Waals surface area contributed by atoms with E-state index in [0.717, 1.165) is 43.7 Å². The fourth-order valence-electron chi connectivity index (χ4n) is 2.60. The molecule has 0 amide bonds. The van der Waals surface area contributed by atoms with Gasteiger partial charge >= 0.3 is 0 Å². The molecule has 0 spiro atoms. The molecule has 0 atom stereocenters. The van der Waals surface area contributed by atoms with Crippen LogP contribution in [0.15, 0.2) is 18.2 Å². The molecule has 0 bridgehead atoms. The van der Waals surface area contributed by atoms with Gasteiger partial charge in [-0.1, -0.05) is 6.92 Å². The average Bonchev–Trinajstić information content (AvgIpc) is 2.96. The molecule has 1 aromatic heterocycles. The van der Waals surface area contributed by atoms with Crippen molar-refractivity contribution in [2.24, 2.45) is 0 Å². The first-order valence-corrected chi connectivity index (χ1v) is 7.31. The zero-order valence-electron chi connectivity index (χ0n) is 12.0. The highest BCUT2D eigenvalue weighted by molar-refractivity contribution is 5.61. The molecule has 0 saturated carbocycles. The second-order valence-electron chi connectivity index (χ2n) is 5.27. The van der Waals surface area contributed by atoms with Crippen LogP contribution < -0.4 is 5.32 Å². The smallest absolute Gasteiger partial charge is 0.165 e. The highest BCUT2D eigenvalue weighted by Crippen LogP contribution is 2.30. The minimum absolute atomic E-state index is 0.357. The molecule has 0 radical (unpaired) electrons. The Morgan fingerprint density at radius 1 is 1.29 bits per heavy atom. The van der Waals surface area contributed by atoms with E-state index in [1.165, 1.54) is 17.7 Å². The predicted octanol–water partition coefficient (Wildman–Crippen LogP) is 3.30. The summed E-state index contributed by atoms with van der Waals surface area (Å²) in [6, 6.07) is 4.24. The van der Waals surface area contributed by atoms with Crippen molar-refractivity contribution in [3.05, 3.63) is 35.3 Å². The highest BCUT2D eigenvalue weighted by atomic mass is 19.1. The maximum Gasteiger partial charge on any atom is 0.165 e. The molecule has 1 heterocycles. The van der Waals surface area contributed by atoms with Crippen molar-refractivity contribution in [1.29, 1.82) is 0 Å². The summed E-state index contributed by atoms with van der Waals surface area (Å²) in [4.78, 5) is 9.12. The monoisotopic (exact) mass is 287 g/mol. The third kappa shape index (κ3) is 2.68. The van der Waals surface area contributed by atoms with E-state index in [1.54, 1.807) is 6.07 Å². The summed E-state index contributed by atoms with van der Waals surface area (Å²) in [7, 11) is 0. The Balaban J connectivity index is 2.04. The van der Waals surface area contributed by atoms with Gasteiger partial charge in [0.05, 0.1) is 0 Å². The molecule has 0 saturated heterocycles. The average molecular weight is 287 g/mol. The van der Waals surface area contributed by atoms with Gasteiger partial charge in [-0.25, -0.2) is 14.4 Å². The molecule has 0 unspecified atom stereocenters. The van der Waals surface area contributed by atoms with Gasteiger partial charge in [-0.3, -0.25) is 0 Å². The number of aromatic hydroxyl groups is 1. The normalized spacial score (nSPS) is 13.2. The number of benzene rings is 1. The number of hydrogen-bond donors (Lipinski definition) is 2. The van der Waals surface area contributed by atoms with Gasteiger partial charge in [0.15, 0.2) is 17.4 Å². The molecule has 1 aromatic carbocycles. The lowest BCUT2D eigenvalue weighted by molar-refractivity contribution is 0.432. The lowest BCUT2D eigenvalue weighted by atomic mass is 10.1. The standard InChI is InChI=1S/C16H18FN3O/c1-2-8-18-16-11-4-3-5-13(11)19-15(20-16)10-6-7-14(21)12(17)9-10/h6-7,9,21H,2-5,8H2,1H3,(H,18,19,20). The third-order valence-corrected chi connectivity index (χ3v) is 3.68. The second-order valence-corrected chi connectivity index (χ2v) is 5.27. The molecule has 0 fully saturated rings. The van der Waals surface area contributed by atoms with Gasteiger partial charge in [-0.05, 0) is 43.9 Å². The van der Waals surface area contributed by atoms with Gasteiger partial charge in [0.2, 0.25) is 0 Å². The number of phenolic OH excluding ortho intramolecular Hbond substituents is 1. The Labute approximate surface area is 123 Å². The molecule has 21 heavy (non-hydrogen) atoms. The maximum atomic E-state index is 13.5. The Morgan fingerprint density at radius 3 is 2.90 bits per heavy atom. The number of anilines is 1. The lowest BCUT2D eigenvalue weighted by Gasteiger charge is -2.12. The minimum Gasteiger partial charge on any atom is -0.505 e. The molecule has 3 rings (SSSR count). The third-order valence-electron chi connectivity index (χ3n) is 3.68. The Hall–Kier alpha value is -2.17. The number of rotatable bonds is 4. The summed E-state index contributed by atoms with van der Waals surface area (Å²) < 4.78 is 13.5. The summed E-state index contributed by atoms with van der Waals surface area (Å²) in [6.45, 7) is 2.96. The van der Waals surface area contributed by atoms with E-state index in [-0.39, 0.29) is 5.75 Å². The van der Waals surface area contributed by atoms with E-state index < -0.39 is 5.82 Å². The number of aryl methyl sites for hydroxylation is 1. The van der Waals surface area contributed by atoms with Crippen LogP contribution in [0, 0.1) is 5.82 Å². The fourth-order valence-corrected chi connectivity index (χ4v) is 2.60. The quantitative estimate of drug-likeness (QED) is 0.906. The zero-order valence-corrected chi connectivity index (χ0v) is 12.0. The number of nitrogens with one attached hydrogen (secondary N) is 1. The van der Waals surface area contributed by atoms with E-state index in [4.69, 9.17) is 0 Å². The van der Waals surface area contributed by atoms with Crippen molar-refractivity contribution in [1.82, 2.24) is 9.97 Å². The molecule has 1 aliphatic carbocycles. The number of hydrogen-bond acceptors (Lipinski definition) is 4. The number of aromatic nitrogens is 2. The van der Waals surface area contributed by atoms with Crippen LogP contribution in [0.4, 0.5) is 10.2 Å². The molecular formula is C16H18FN3O. The summed E-state index contributed by atoms with van der Waals surface area (Å²) in [5, 5.41) is 12.6. The number of phenols is 1. The van der Waals surface area contributed by atoms with Gasteiger partial charge < -0.3 is 10.4 Å². The van der Waals surface area contributed by atoms with Gasteiger partial charge in [-0.15, -0.1) is 0 Å². The van der Waals surface area contributed by atoms with Crippen LogP contribution in [0.3, 0.4) is 0 Å². The van der Waals surface area contributed by atoms with Crippen LogP contribution in [0.1, 0.15) is 31.0 Å². The van der Waals surface area contributed by atoms with Crippen molar-refractivity contribution in [3.63, 3.8) is 0 Å². The van der Waals surface area contributed by atoms with Gasteiger partial charge in [0, 0.05) is 23.4 Å². The fraction of sp³-hybridized carbons (Fsp3) is 0.375. The van der Waals surface area contributed by atoms with E-state index in [2.05, 4.69) is 22.2 Å². The van der Waals surface area contributed by atoms with Crippen LogP contribution in [0.2, 0.25) is 0 Å². The summed E-state index contributed by atoms with van der Waals surface area (Å²) in [5.41, 5.74) is 2.82. The van der Waals surface area contributed by atoms with Crippen molar-refractivity contribution < 1.29 is 9.50 Å². The van der Waals surface area contributed by atoms with Gasteiger partial charge in [0.25, 0.3) is 0 Å². The van der Waals surface area contributed by atoms with E-state index >= 15 is 0 Å². The number of halogens is 1. The van der Waals surface area contributed by atoms with Crippen LogP contribution in [-0.4, -0.2) is 21.6 Å². The highest BCUT2D eigenvalue weighted by Gasteiger charge is 2.20. The Kier molecular flexibility index (Phi) is 3.73. The first kappa shape index (κ1) is 13.8. The molecule has 0 aliphatic heterocycles. The summed E-state index contributed by atoms with van der Waals surface area (Å²) in [5.74, 6) is 0.361. The van der Waals surface area contributed by atoms with Crippen molar-refractivity contribution in [2.45, 2.75) is 32.6 Å². The van der Waals surface area contributed by atoms with Crippen LogP contribution in [0.25, 0.3) is 11.4 Å². The minimum atomic E-state index is -0.653. The summed E-state index contributed by atoms with van der Waals surface area (Å²) >= 11 is 0.